The Morgan fingerprint density at radius 2 is 1.71 bits per heavy atom. The van der Waals surface area contributed by atoms with Crippen LogP contribution in [-0.2, 0) is 4.79 Å². The Morgan fingerprint density at radius 1 is 1.18 bits per heavy atom. The Bertz CT molecular complexity index is 273. The molecule has 0 aromatic rings. The lowest BCUT2D eigenvalue weighted by molar-refractivity contribution is -0.269. The first-order valence-corrected chi connectivity index (χ1v) is 5.18. The SMILES string of the molecule is O=C(NCC1CCNCC1)C(F)(F)C(F)(F)F. The minimum Gasteiger partial charge on any atom is -0.350 e. The third kappa shape index (κ3) is 3.52. The Kier molecular flexibility index (Phi) is 4.29. The summed E-state index contributed by atoms with van der Waals surface area (Å²) in [7, 11) is 0. The zero-order valence-electron chi connectivity index (χ0n) is 8.91. The Balaban J connectivity index is 2.43. The second kappa shape index (κ2) is 5.16. The van der Waals surface area contributed by atoms with Crippen molar-refractivity contribution in [3.8, 4) is 0 Å². The number of carbonyl (C=O) groups excluding carboxylic acids is 1. The standard InChI is InChI=1S/C9H13F5N2O/c10-8(11,9(12,13)14)7(17)16-5-6-1-3-15-4-2-6/h6,15H,1-5H2,(H,16,17). The second-order valence-electron chi connectivity index (χ2n) is 3.98. The van der Waals surface area contributed by atoms with Gasteiger partial charge in [-0.15, -0.1) is 0 Å². The van der Waals surface area contributed by atoms with Crippen molar-refractivity contribution in [2.45, 2.75) is 24.9 Å². The van der Waals surface area contributed by atoms with E-state index in [0.717, 1.165) is 0 Å². The maximum atomic E-state index is 12.5. The van der Waals surface area contributed by atoms with Gasteiger partial charge in [-0.25, -0.2) is 0 Å². The van der Waals surface area contributed by atoms with E-state index in [1.807, 2.05) is 0 Å². The average molecular weight is 260 g/mol. The summed E-state index contributed by atoms with van der Waals surface area (Å²) in [4.78, 5) is 10.8. The largest absolute Gasteiger partial charge is 0.463 e. The van der Waals surface area contributed by atoms with Gasteiger partial charge in [0, 0.05) is 6.54 Å². The lowest BCUT2D eigenvalue weighted by Gasteiger charge is -2.24. The Hall–Kier alpha value is -0.920. The van der Waals surface area contributed by atoms with Gasteiger partial charge in [-0.05, 0) is 31.8 Å². The van der Waals surface area contributed by atoms with Crippen LogP contribution in [0.25, 0.3) is 0 Å². The predicted molar refractivity (Wildman–Crippen MR) is 49.6 cm³/mol. The second-order valence-corrected chi connectivity index (χ2v) is 3.98. The summed E-state index contributed by atoms with van der Waals surface area (Å²) in [6.07, 6.45) is -4.54. The monoisotopic (exact) mass is 260 g/mol. The van der Waals surface area contributed by atoms with E-state index < -0.39 is 18.0 Å². The van der Waals surface area contributed by atoms with Crippen LogP contribution in [0.1, 0.15) is 12.8 Å². The number of piperidine rings is 1. The van der Waals surface area contributed by atoms with E-state index in [9.17, 15) is 26.7 Å². The summed E-state index contributed by atoms with van der Waals surface area (Å²) in [6, 6.07) is 0. The maximum absolute atomic E-state index is 12.5. The molecule has 17 heavy (non-hydrogen) atoms. The molecular weight excluding hydrogens is 247 g/mol. The van der Waals surface area contributed by atoms with E-state index in [1.165, 1.54) is 0 Å². The van der Waals surface area contributed by atoms with Gasteiger partial charge in [0.25, 0.3) is 5.91 Å². The first-order valence-electron chi connectivity index (χ1n) is 5.18. The van der Waals surface area contributed by atoms with E-state index >= 15 is 0 Å². The molecule has 1 aliphatic heterocycles. The summed E-state index contributed by atoms with van der Waals surface area (Å²) in [6.45, 7) is 1.21. The fourth-order valence-electron chi connectivity index (χ4n) is 1.56. The molecule has 0 spiro atoms. The van der Waals surface area contributed by atoms with Crippen molar-refractivity contribution in [1.29, 1.82) is 0 Å². The molecule has 0 unspecified atom stereocenters. The van der Waals surface area contributed by atoms with Gasteiger partial charge in [0.1, 0.15) is 0 Å². The van der Waals surface area contributed by atoms with Crippen molar-refractivity contribution < 1.29 is 26.7 Å². The van der Waals surface area contributed by atoms with Crippen molar-refractivity contribution in [2.24, 2.45) is 5.92 Å². The number of hydrogen-bond donors (Lipinski definition) is 2. The van der Waals surface area contributed by atoms with Crippen molar-refractivity contribution >= 4 is 5.91 Å². The van der Waals surface area contributed by atoms with Crippen LogP contribution >= 0.6 is 0 Å². The van der Waals surface area contributed by atoms with Crippen molar-refractivity contribution in [2.75, 3.05) is 19.6 Å². The van der Waals surface area contributed by atoms with E-state index in [0.29, 0.717) is 25.9 Å². The van der Waals surface area contributed by atoms with Crippen LogP contribution in [0.4, 0.5) is 22.0 Å². The zero-order valence-corrected chi connectivity index (χ0v) is 8.91. The predicted octanol–water partition coefficient (Wildman–Crippen LogP) is 1.30. The number of hydrogen-bond acceptors (Lipinski definition) is 2. The number of carbonyl (C=O) groups is 1. The zero-order chi connectivity index (χ0) is 13.1. The molecule has 1 saturated heterocycles. The molecule has 8 heteroatoms. The lowest BCUT2D eigenvalue weighted by Crippen LogP contribution is -2.51. The van der Waals surface area contributed by atoms with Crippen molar-refractivity contribution in [3.05, 3.63) is 0 Å². The van der Waals surface area contributed by atoms with Gasteiger partial charge in [-0.3, -0.25) is 4.79 Å². The van der Waals surface area contributed by atoms with Gasteiger partial charge in [0.15, 0.2) is 0 Å². The van der Waals surface area contributed by atoms with Crippen LogP contribution in [-0.4, -0.2) is 37.6 Å². The van der Waals surface area contributed by atoms with Crippen LogP contribution in [0, 0.1) is 5.92 Å². The first-order chi connectivity index (χ1) is 7.75. The van der Waals surface area contributed by atoms with Crippen molar-refractivity contribution in [3.63, 3.8) is 0 Å². The Morgan fingerprint density at radius 3 is 2.18 bits per heavy atom. The topological polar surface area (TPSA) is 41.1 Å². The normalized spacial score (nSPS) is 19.1. The van der Waals surface area contributed by atoms with Gasteiger partial charge in [0.2, 0.25) is 0 Å². The molecule has 0 aromatic carbocycles. The molecule has 3 nitrogen and oxygen atoms in total. The molecule has 0 aromatic heterocycles. The van der Waals surface area contributed by atoms with Crippen LogP contribution in [0.5, 0.6) is 0 Å². The van der Waals surface area contributed by atoms with Gasteiger partial charge in [-0.1, -0.05) is 0 Å². The molecule has 1 fully saturated rings. The lowest BCUT2D eigenvalue weighted by atomic mass is 9.98. The molecular formula is C9H13F5N2O. The highest BCUT2D eigenvalue weighted by Crippen LogP contribution is 2.35. The average Bonchev–Trinajstić information content (AvgIpc) is 2.25. The number of alkyl halides is 5. The van der Waals surface area contributed by atoms with Crippen LogP contribution in [0.15, 0.2) is 0 Å². The van der Waals surface area contributed by atoms with Crippen molar-refractivity contribution in [1.82, 2.24) is 10.6 Å². The third-order valence-corrected chi connectivity index (χ3v) is 2.65. The minimum atomic E-state index is -5.84. The summed E-state index contributed by atoms with van der Waals surface area (Å²) < 4.78 is 60.5. The van der Waals surface area contributed by atoms with E-state index in [4.69, 9.17) is 0 Å². The molecule has 100 valence electrons. The molecule has 0 saturated carbocycles. The van der Waals surface area contributed by atoms with Gasteiger partial charge >= 0.3 is 12.1 Å². The van der Waals surface area contributed by atoms with Crippen LogP contribution < -0.4 is 10.6 Å². The van der Waals surface area contributed by atoms with Crippen LogP contribution in [0.3, 0.4) is 0 Å². The molecule has 1 amide bonds. The molecule has 0 aliphatic carbocycles. The minimum absolute atomic E-state index is 0.0516. The summed E-state index contributed by atoms with van der Waals surface area (Å²) in [5.41, 5.74) is 0. The highest BCUT2D eigenvalue weighted by Gasteiger charge is 2.63. The molecule has 2 N–H and O–H groups in total. The summed E-state index contributed by atoms with van der Waals surface area (Å²) in [5.74, 6) is -7.65. The molecule has 1 heterocycles. The number of halogens is 5. The summed E-state index contributed by atoms with van der Waals surface area (Å²) >= 11 is 0. The quantitative estimate of drug-likeness (QED) is 0.751. The van der Waals surface area contributed by atoms with Crippen LogP contribution in [0.2, 0.25) is 0 Å². The fourth-order valence-corrected chi connectivity index (χ4v) is 1.56. The Labute approximate surface area is 94.7 Å². The molecule has 0 atom stereocenters. The number of nitrogens with one attached hydrogen (secondary N) is 2. The third-order valence-electron chi connectivity index (χ3n) is 2.65. The smallest absolute Gasteiger partial charge is 0.350 e. The molecule has 0 bridgehead atoms. The van der Waals surface area contributed by atoms with E-state index in [2.05, 4.69) is 5.32 Å². The van der Waals surface area contributed by atoms with E-state index in [-0.39, 0.29) is 12.5 Å². The highest BCUT2D eigenvalue weighted by molar-refractivity contribution is 5.84. The first kappa shape index (κ1) is 14.1. The molecule has 0 radical (unpaired) electrons. The molecule has 1 aliphatic rings. The van der Waals surface area contributed by atoms with Gasteiger partial charge in [0.05, 0.1) is 0 Å². The maximum Gasteiger partial charge on any atom is 0.463 e. The van der Waals surface area contributed by atoms with Gasteiger partial charge in [-0.2, -0.15) is 22.0 Å². The number of amides is 1. The van der Waals surface area contributed by atoms with Gasteiger partial charge < -0.3 is 10.6 Å². The summed E-state index contributed by atoms with van der Waals surface area (Å²) in [5, 5.41) is 4.68. The van der Waals surface area contributed by atoms with E-state index in [1.54, 1.807) is 5.32 Å². The number of rotatable bonds is 3. The fraction of sp³-hybridized carbons (Fsp3) is 0.889. The molecule has 1 rings (SSSR count). The highest BCUT2D eigenvalue weighted by atomic mass is 19.4.